The maximum absolute atomic E-state index is 4.51. The Hall–Kier alpha value is -0.840. The van der Waals surface area contributed by atoms with Gasteiger partial charge in [0.05, 0.1) is 0 Å². The Kier molecular flexibility index (Phi) is 5.89. The van der Waals surface area contributed by atoms with Crippen LogP contribution < -0.4 is 5.32 Å². The number of thiazole rings is 1. The molecule has 0 radical (unpaired) electrons. The molecular formula is C15H20N2S2. The second-order valence-electron chi connectivity index (χ2n) is 4.48. The van der Waals surface area contributed by atoms with Crippen LogP contribution in [0, 0.1) is 6.92 Å². The summed E-state index contributed by atoms with van der Waals surface area (Å²) in [5.74, 6) is 1.02. The third kappa shape index (κ3) is 4.64. The molecule has 19 heavy (non-hydrogen) atoms. The molecule has 0 spiro atoms. The van der Waals surface area contributed by atoms with Crippen molar-refractivity contribution in [2.45, 2.75) is 30.6 Å². The Morgan fingerprint density at radius 2 is 2.11 bits per heavy atom. The second-order valence-corrected chi connectivity index (χ2v) is 6.61. The van der Waals surface area contributed by atoms with E-state index in [-0.39, 0.29) is 0 Å². The number of aromatic nitrogens is 1. The standard InChI is InChI=1S/C15H20N2S2/c1-3-9-16-14(13-7-5-4-6-8-13)11-19-15-17-12(2)10-18-15/h4-8,10,14,16H,3,9,11H2,1-2H3. The van der Waals surface area contributed by atoms with Crippen molar-refractivity contribution in [1.82, 2.24) is 10.3 Å². The fraction of sp³-hybridized carbons (Fsp3) is 0.400. The number of hydrogen-bond donors (Lipinski definition) is 1. The zero-order valence-electron chi connectivity index (χ0n) is 11.4. The summed E-state index contributed by atoms with van der Waals surface area (Å²) in [4.78, 5) is 4.51. The maximum Gasteiger partial charge on any atom is 0.150 e. The lowest BCUT2D eigenvalue weighted by molar-refractivity contribution is 0.577. The number of nitrogens with one attached hydrogen (secondary N) is 1. The van der Waals surface area contributed by atoms with Crippen LogP contribution in [0.2, 0.25) is 0 Å². The zero-order chi connectivity index (χ0) is 13.5. The Labute approximate surface area is 123 Å². The molecule has 0 saturated carbocycles. The molecule has 1 atom stereocenters. The molecule has 2 aromatic rings. The highest BCUT2D eigenvalue weighted by Crippen LogP contribution is 2.27. The third-order valence-corrected chi connectivity index (χ3v) is 5.05. The van der Waals surface area contributed by atoms with Crippen molar-refractivity contribution in [3.8, 4) is 0 Å². The molecule has 0 bridgehead atoms. The molecule has 1 unspecified atom stereocenters. The van der Waals surface area contributed by atoms with Gasteiger partial charge in [-0.3, -0.25) is 0 Å². The van der Waals surface area contributed by atoms with E-state index in [0.717, 1.165) is 28.8 Å². The van der Waals surface area contributed by atoms with E-state index in [2.05, 4.69) is 52.9 Å². The summed E-state index contributed by atoms with van der Waals surface area (Å²) in [5, 5.41) is 5.73. The summed E-state index contributed by atoms with van der Waals surface area (Å²) in [5.41, 5.74) is 2.47. The molecule has 1 heterocycles. The van der Waals surface area contributed by atoms with Crippen molar-refractivity contribution < 1.29 is 0 Å². The predicted octanol–water partition coefficient (Wildman–Crippen LogP) is 4.28. The molecule has 0 aliphatic carbocycles. The summed E-state index contributed by atoms with van der Waals surface area (Å²) >= 11 is 3.57. The lowest BCUT2D eigenvalue weighted by Gasteiger charge is -2.18. The lowest BCUT2D eigenvalue weighted by Crippen LogP contribution is -2.24. The highest BCUT2D eigenvalue weighted by atomic mass is 32.2. The highest BCUT2D eigenvalue weighted by molar-refractivity contribution is 8.01. The van der Waals surface area contributed by atoms with Gasteiger partial charge in [-0.05, 0) is 25.5 Å². The molecule has 102 valence electrons. The number of aryl methyl sites for hydroxylation is 1. The molecule has 0 fully saturated rings. The zero-order valence-corrected chi connectivity index (χ0v) is 13.1. The number of rotatable bonds is 7. The summed E-state index contributed by atoms with van der Waals surface area (Å²) in [7, 11) is 0. The first-order valence-electron chi connectivity index (χ1n) is 6.63. The van der Waals surface area contributed by atoms with Crippen LogP contribution in [0.3, 0.4) is 0 Å². The first-order chi connectivity index (χ1) is 9.29. The van der Waals surface area contributed by atoms with Crippen LogP contribution in [0.4, 0.5) is 0 Å². The lowest BCUT2D eigenvalue weighted by atomic mass is 10.1. The first-order valence-corrected chi connectivity index (χ1v) is 8.49. The maximum atomic E-state index is 4.51. The number of hydrogen-bond acceptors (Lipinski definition) is 4. The third-order valence-electron chi connectivity index (χ3n) is 2.81. The smallest absolute Gasteiger partial charge is 0.150 e. The van der Waals surface area contributed by atoms with Crippen molar-refractivity contribution in [3.63, 3.8) is 0 Å². The van der Waals surface area contributed by atoms with Crippen LogP contribution in [0.25, 0.3) is 0 Å². The number of nitrogens with zero attached hydrogens (tertiary/aromatic N) is 1. The predicted molar refractivity (Wildman–Crippen MR) is 85.1 cm³/mol. The molecule has 0 aliphatic rings. The minimum atomic E-state index is 0.398. The summed E-state index contributed by atoms with van der Waals surface area (Å²) in [6.07, 6.45) is 1.16. The average Bonchev–Trinajstić information content (AvgIpc) is 2.86. The van der Waals surface area contributed by atoms with Crippen LogP contribution in [0.15, 0.2) is 40.1 Å². The Balaban J connectivity index is 1.97. The average molecular weight is 292 g/mol. The second kappa shape index (κ2) is 7.68. The van der Waals surface area contributed by atoms with E-state index in [1.165, 1.54) is 5.56 Å². The first kappa shape index (κ1) is 14.6. The molecule has 0 aliphatic heterocycles. The van der Waals surface area contributed by atoms with Crippen molar-refractivity contribution in [2.24, 2.45) is 0 Å². The van der Waals surface area contributed by atoms with Gasteiger partial charge in [0.2, 0.25) is 0 Å². The van der Waals surface area contributed by atoms with Gasteiger partial charge in [0.15, 0.2) is 0 Å². The van der Waals surface area contributed by atoms with E-state index < -0.39 is 0 Å². The van der Waals surface area contributed by atoms with Crippen LogP contribution in [0.1, 0.15) is 30.6 Å². The monoisotopic (exact) mass is 292 g/mol. The molecule has 1 aromatic carbocycles. The van der Waals surface area contributed by atoms with Gasteiger partial charge in [-0.1, -0.05) is 49.0 Å². The van der Waals surface area contributed by atoms with Gasteiger partial charge in [0.1, 0.15) is 4.34 Å². The summed E-state index contributed by atoms with van der Waals surface area (Å²) in [6.45, 7) is 5.30. The van der Waals surface area contributed by atoms with Gasteiger partial charge in [-0.25, -0.2) is 4.98 Å². The van der Waals surface area contributed by atoms with Gasteiger partial charge in [-0.2, -0.15) is 0 Å². The van der Waals surface area contributed by atoms with E-state index >= 15 is 0 Å². The van der Waals surface area contributed by atoms with Crippen molar-refractivity contribution in [3.05, 3.63) is 47.0 Å². The van der Waals surface area contributed by atoms with Crippen LogP contribution in [0.5, 0.6) is 0 Å². The number of thioether (sulfide) groups is 1. The van der Waals surface area contributed by atoms with E-state index in [1.54, 1.807) is 11.3 Å². The van der Waals surface area contributed by atoms with Crippen molar-refractivity contribution in [2.75, 3.05) is 12.3 Å². The van der Waals surface area contributed by atoms with E-state index in [0.29, 0.717) is 6.04 Å². The van der Waals surface area contributed by atoms with Gasteiger partial charge in [-0.15, -0.1) is 11.3 Å². The molecule has 4 heteroatoms. The van der Waals surface area contributed by atoms with Gasteiger partial charge in [0, 0.05) is 22.9 Å². The van der Waals surface area contributed by atoms with E-state index in [1.807, 2.05) is 18.7 Å². The molecule has 2 rings (SSSR count). The molecular weight excluding hydrogens is 272 g/mol. The Morgan fingerprint density at radius 1 is 1.32 bits per heavy atom. The van der Waals surface area contributed by atoms with Crippen LogP contribution in [-0.2, 0) is 0 Å². The summed E-state index contributed by atoms with van der Waals surface area (Å²) < 4.78 is 1.16. The Morgan fingerprint density at radius 3 is 2.74 bits per heavy atom. The fourth-order valence-electron chi connectivity index (χ4n) is 1.83. The molecule has 0 amide bonds. The molecule has 1 N–H and O–H groups in total. The highest BCUT2D eigenvalue weighted by Gasteiger charge is 2.11. The number of benzene rings is 1. The van der Waals surface area contributed by atoms with Crippen LogP contribution in [-0.4, -0.2) is 17.3 Å². The largest absolute Gasteiger partial charge is 0.309 e. The van der Waals surface area contributed by atoms with Crippen molar-refractivity contribution >= 4 is 23.1 Å². The Bertz CT molecular complexity index is 482. The van der Waals surface area contributed by atoms with Gasteiger partial charge >= 0.3 is 0 Å². The quantitative estimate of drug-likeness (QED) is 0.771. The normalized spacial score (nSPS) is 12.5. The van der Waals surface area contributed by atoms with Crippen molar-refractivity contribution in [1.29, 1.82) is 0 Å². The van der Waals surface area contributed by atoms with E-state index in [9.17, 15) is 0 Å². The van der Waals surface area contributed by atoms with Crippen LogP contribution >= 0.6 is 23.1 Å². The minimum Gasteiger partial charge on any atom is -0.309 e. The fourth-order valence-corrected chi connectivity index (χ4v) is 3.80. The molecule has 1 aromatic heterocycles. The summed E-state index contributed by atoms with van der Waals surface area (Å²) in [6, 6.07) is 11.1. The SMILES string of the molecule is CCCNC(CSc1nc(C)cs1)c1ccccc1. The topological polar surface area (TPSA) is 24.9 Å². The minimum absolute atomic E-state index is 0.398. The molecule has 2 nitrogen and oxygen atoms in total. The molecule has 0 saturated heterocycles. The van der Waals surface area contributed by atoms with Gasteiger partial charge in [0.25, 0.3) is 0 Å². The van der Waals surface area contributed by atoms with E-state index in [4.69, 9.17) is 0 Å². The van der Waals surface area contributed by atoms with Gasteiger partial charge < -0.3 is 5.32 Å².